The van der Waals surface area contributed by atoms with Gasteiger partial charge in [0.05, 0.1) is 12.1 Å². The van der Waals surface area contributed by atoms with Crippen molar-refractivity contribution in [1.29, 1.82) is 0 Å². The number of aliphatic hydroxyl groups is 1. The molecule has 0 fully saturated rings. The van der Waals surface area contributed by atoms with E-state index in [0.29, 0.717) is 13.0 Å². The first-order chi connectivity index (χ1) is 10.8. The molecule has 0 heterocycles. The summed E-state index contributed by atoms with van der Waals surface area (Å²) in [6.07, 6.45) is 0.212. The fourth-order valence-corrected chi connectivity index (χ4v) is 2.20. The molecule has 0 aliphatic rings. The van der Waals surface area contributed by atoms with Gasteiger partial charge in [0.25, 0.3) is 0 Å². The van der Waals surface area contributed by atoms with Gasteiger partial charge in [0.2, 0.25) is 0 Å². The topological polar surface area (TPSA) is 70.6 Å². The van der Waals surface area contributed by atoms with Crippen molar-refractivity contribution in [3.05, 3.63) is 29.8 Å². The third-order valence-electron chi connectivity index (χ3n) is 3.31. The summed E-state index contributed by atoms with van der Waals surface area (Å²) in [5.41, 5.74) is 0.777. The maximum Gasteiger partial charge on any atom is 0.387 e. The summed E-state index contributed by atoms with van der Waals surface area (Å²) in [7, 11) is 0. The summed E-state index contributed by atoms with van der Waals surface area (Å²) in [6, 6.07) is 5.52. The van der Waals surface area contributed by atoms with Crippen LogP contribution in [-0.4, -0.2) is 30.4 Å². The number of carbonyl (C=O) groups is 1. The Morgan fingerprint density at radius 3 is 2.35 bits per heavy atom. The van der Waals surface area contributed by atoms with Gasteiger partial charge in [-0.2, -0.15) is 8.78 Å². The molecule has 5 nitrogen and oxygen atoms in total. The molecule has 0 radical (unpaired) electrons. The number of aliphatic hydroxyl groups excluding tert-OH is 1. The van der Waals surface area contributed by atoms with Crippen LogP contribution < -0.4 is 15.4 Å². The largest absolute Gasteiger partial charge is 0.435 e. The molecule has 1 aromatic carbocycles. The van der Waals surface area contributed by atoms with Gasteiger partial charge in [-0.3, -0.25) is 0 Å². The van der Waals surface area contributed by atoms with Crippen LogP contribution in [0.5, 0.6) is 5.75 Å². The molecular weight excluding hydrogens is 306 g/mol. The minimum atomic E-state index is -2.86. The SMILES string of the molecule is CC(O)CC(C)CNC(=O)NC(C)c1ccc(OC(F)F)cc1. The van der Waals surface area contributed by atoms with Crippen LogP contribution in [-0.2, 0) is 0 Å². The van der Waals surface area contributed by atoms with Crippen molar-refractivity contribution in [1.82, 2.24) is 10.6 Å². The Morgan fingerprint density at radius 2 is 1.83 bits per heavy atom. The van der Waals surface area contributed by atoms with E-state index < -0.39 is 12.7 Å². The first-order valence-corrected chi connectivity index (χ1v) is 7.55. The molecule has 0 aliphatic carbocycles. The highest BCUT2D eigenvalue weighted by Gasteiger charge is 2.12. The third-order valence-corrected chi connectivity index (χ3v) is 3.31. The van der Waals surface area contributed by atoms with Gasteiger partial charge < -0.3 is 20.5 Å². The summed E-state index contributed by atoms with van der Waals surface area (Å²) in [5.74, 6) is 0.245. The molecule has 23 heavy (non-hydrogen) atoms. The minimum absolute atomic E-state index is 0.0762. The number of carbonyl (C=O) groups excluding carboxylic acids is 1. The average molecular weight is 330 g/mol. The van der Waals surface area contributed by atoms with Gasteiger partial charge in [-0.15, -0.1) is 0 Å². The van der Waals surface area contributed by atoms with Gasteiger partial charge in [-0.25, -0.2) is 4.79 Å². The maximum atomic E-state index is 12.1. The molecule has 3 unspecified atom stereocenters. The number of urea groups is 1. The van der Waals surface area contributed by atoms with E-state index in [4.69, 9.17) is 0 Å². The second kappa shape index (κ2) is 9.29. The molecule has 0 spiro atoms. The summed E-state index contributed by atoms with van der Waals surface area (Å²) in [5, 5.41) is 14.8. The second-order valence-corrected chi connectivity index (χ2v) is 5.71. The zero-order valence-corrected chi connectivity index (χ0v) is 13.6. The Balaban J connectivity index is 2.42. The highest BCUT2D eigenvalue weighted by atomic mass is 19.3. The zero-order chi connectivity index (χ0) is 17.4. The molecule has 0 aliphatic heterocycles. The molecule has 0 saturated heterocycles. The zero-order valence-electron chi connectivity index (χ0n) is 13.6. The number of halogens is 2. The maximum absolute atomic E-state index is 12.1. The molecule has 2 amide bonds. The lowest BCUT2D eigenvalue weighted by Crippen LogP contribution is -2.39. The molecule has 1 rings (SSSR count). The number of alkyl halides is 2. The lowest BCUT2D eigenvalue weighted by atomic mass is 10.1. The van der Waals surface area contributed by atoms with Crippen LogP contribution >= 0.6 is 0 Å². The predicted molar refractivity (Wildman–Crippen MR) is 83.5 cm³/mol. The predicted octanol–water partition coefficient (Wildman–Crippen LogP) is 3.06. The first-order valence-electron chi connectivity index (χ1n) is 7.55. The highest BCUT2D eigenvalue weighted by molar-refractivity contribution is 5.74. The van der Waals surface area contributed by atoms with Crippen molar-refractivity contribution in [2.45, 2.75) is 45.9 Å². The van der Waals surface area contributed by atoms with E-state index in [-0.39, 0.29) is 23.7 Å². The number of ether oxygens (including phenoxy) is 1. The molecule has 3 atom stereocenters. The number of rotatable bonds is 8. The number of amides is 2. The smallest absolute Gasteiger partial charge is 0.387 e. The molecule has 3 N–H and O–H groups in total. The van der Waals surface area contributed by atoms with Gasteiger partial charge in [-0.1, -0.05) is 19.1 Å². The van der Waals surface area contributed by atoms with Crippen LogP contribution in [0, 0.1) is 5.92 Å². The standard InChI is InChI=1S/C16H24F2N2O3/c1-10(8-11(2)21)9-19-16(22)20-12(3)13-4-6-14(7-5-13)23-15(17)18/h4-7,10-12,15,21H,8-9H2,1-3H3,(H2,19,20,22). The van der Waals surface area contributed by atoms with Gasteiger partial charge in [-0.05, 0) is 43.9 Å². The fourth-order valence-electron chi connectivity index (χ4n) is 2.20. The van der Waals surface area contributed by atoms with Crippen molar-refractivity contribution < 1.29 is 23.4 Å². The number of benzene rings is 1. The van der Waals surface area contributed by atoms with Crippen molar-refractivity contribution >= 4 is 6.03 Å². The molecule has 7 heteroatoms. The Hall–Kier alpha value is -1.89. The normalized spacial score (nSPS) is 14.9. The van der Waals surface area contributed by atoms with E-state index in [0.717, 1.165) is 5.56 Å². The van der Waals surface area contributed by atoms with E-state index in [9.17, 15) is 18.7 Å². The van der Waals surface area contributed by atoms with Gasteiger partial charge in [0.15, 0.2) is 0 Å². The molecular formula is C16H24F2N2O3. The monoisotopic (exact) mass is 330 g/mol. The first kappa shape index (κ1) is 19.2. The summed E-state index contributed by atoms with van der Waals surface area (Å²) in [4.78, 5) is 11.8. The van der Waals surface area contributed by atoms with Crippen molar-refractivity contribution in [2.75, 3.05) is 6.54 Å². The lowest BCUT2D eigenvalue weighted by Gasteiger charge is -2.18. The highest BCUT2D eigenvalue weighted by Crippen LogP contribution is 2.19. The van der Waals surface area contributed by atoms with Crippen molar-refractivity contribution in [3.8, 4) is 5.75 Å². The lowest BCUT2D eigenvalue weighted by molar-refractivity contribution is -0.0498. The fraction of sp³-hybridized carbons (Fsp3) is 0.562. The van der Waals surface area contributed by atoms with Gasteiger partial charge >= 0.3 is 12.6 Å². The summed E-state index contributed by atoms with van der Waals surface area (Å²) >= 11 is 0. The van der Waals surface area contributed by atoms with Crippen LogP contribution in [0.4, 0.5) is 13.6 Å². The summed E-state index contributed by atoms with van der Waals surface area (Å²) in [6.45, 7) is 3.05. The van der Waals surface area contributed by atoms with Crippen LogP contribution in [0.25, 0.3) is 0 Å². The summed E-state index contributed by atoms with van der Waals surface area (Å²) < 4.78 is 28.4. The molecule has 130 valence electrons. The Labute approximate surface area is 135 Å². The van der Waals surface area contributed by atoms with Crippen molar-refractivity contribution in [2.24, 2.45) is 5.92 Å². The Kier molecular flexibility index (Phi) is 7.74. The van der Waals surface area contributed by atoms with E-state index in [2.05, 4.69) is 15.4 Å². The number of nitrogens with one attached hydrogen (secondary N) is 2. The van der Waals surface area contributed by atoms with E-state index >= 15 is 0 Å². The third kappa shape index (κ3) is 7.78. The van der Waals surface area contributed by atoms with Gasteiger partial charge in [0, 0.05) is 6.54 Å². The van der Waals surface area contributed by atoms with Crippen LogP contribution in [0.1, 0.15) is 38.8 Å². The van der Waals surface area contributed by atoms with E-state index in [1.165, 1.54) is 12.1 Å². The van der Waals surface area contributed by atoms with E-state index in [1.807, 2.05) is 6.92 Å². The van der Waals surface area contributed by atoms with Crippen LogP contribution in [0.3, 0.4) is 0 Å². The van der Waals surface area contributed by atoms with Gasteiger partial charge in [0.1, 0.15) is 5.75 Å². The van der Waals surface area contributed by atoms with Crippen LogP contribution in [0.2, 0.25) is 0 Å². The Bertz CT molecular complexity index is 481. The molecule has 0 aromatic heterocycles. The minimum Gasteiger partial charge on any atom is -0.435 e. The average Bonchev–Trinajstić information content (AvgIpc) is 2.44. The van der Waals surface area contributed by atoms with E-state index in [1.54, 1.807) is 26.0 Å². The molecule has 1 aromatic rings. The number of hydrogen-bond acceptors (Lipinski definition) is 3. The second-order valence-electron chi connectivity index (χ2n) is 5.71. The number of hydrogen-bond donors (Lipinski definition) is 3. The molecule has 0 saturated carbocycles. The van der Waals surface area contributed by atoms with Crippen molar-refractivity contribution in [3.63, 3.8) is 0 Å². The Morgan fingerprint density at radius 1 is 1.22 bits per heavy atom. The van der Waals surface area contributed by atoms with Crippen LogP contribution in [0.15, 0.2) is 24.3 Å². The quantitative estimate of drug-likeness (QED) is 0.686. The molecule has 0 bridgehead atoms.